The molecule has 2 rings (SSSR count). The lowest BCUT2D eigenvalue weighted by Gasteiger charge is -1.98. The van der Waals surface area contributed by atoms with Crippen molar-refractivity contribution in [3.8, 4) is 5.82 Å². The lowest BCUT2D eigenvalue weighted by atomic mass is 10.6. The number of anilines is 1. The Balaban J connectivity index is 2.48. The molecule has 0 saturated carbocycles. The summed E-state index contributed by atoms with van der Waals surface area (Å²) in [7, 11) is 0. The molecule has 0 bridgehead atoms. The normalized spacial score (nSPS) is 10.0. The first-order valence-corrected chi connectivity index (χ1v) is 3.44. The lowest BCUT2D eigenvalue weighted by Crippen LogP contribution is -2.01. The highest BCUT2D eigenvalue weighted by Gasteiger charge is 1.96. The predicted octanol–water partition coefficient (Wildman–Crippen LogP) is 0.244. The van der Waals surface area contributed by atoms with Gasteiger partial charge >= 0.3 is 0 Å². The molecule has 0 amide bonds. The van der Waals surface area contributed by atoms with E-state index in [1.165, 1.54) is 6.20 Å². The summed E-state index contributed by atoms with van der Waals surface area (Å²) in [4.78, 5) is 7.92. The number of nitrogens with two attached hydrogens (primary N) is 1. The summed E-state index contributed by atoms with van der Waals surface area (Å²) < 4.78 is 1.60. The molecule has 0 spiro atoms. The Morgan fingerprint density at radius 2 is 2.25 bits per heavy atom. The van der Waals surface area contributed by atoms with Crippen LogP contribution in [0.2, 0.25) is 0 Å². The van der Waals surface area contributed by atoms with Crippen LogP contribution >= 0.6 is 0 Å². The molecule has 0 aromatic carbocycles. The quantitative estimate of drug-likeness (QED) is 0.650. The molecule has 0 unspecified atom stereocenters. The van der Waals surface area contributed by atoms with Gasteiger partial charge in [0.1, 0.15) is 5.82 Å². The number of nitrogen functional groups attached to an aromatic ring is 1. The van der Waals surface area contributed by atoms with E-state index in [1.807, 2.05) is 6.07 Å². The summed E-state index contributed by atoms with van der Waals surface area (Å²) in [6.07, 6.45) is 6.55. The highest BCUT2D eigenvalue weighted by Crippen LogP contribution is 2.01. The zero-order valence-corrected chi connectivity index (χ0v) is 6.25. The fourth-order valence-corrected chi connectivity index (χ4v) is 0.885. The van der Waals surface area contributed by atoms with E-state index in [0.29, 0.717) is 11.6 Å². The van der Waals surface area contributed by atoms with Crippen LogP contribution in [0.15, 0.2) is 30.9 Å². The van der Waals surface area contributed by atoms with Crippen LogP contribution in [0.3, 0.4) is 0 Å². The molecule has 60 valence electrons. The third-order valence-electron chi connectivity index (χ3n) is 1.38. The first-order valence-electron chi connectivity index (χ1n) is 3.44. The van der Waals surface area contributed by atoms with Crippen molar-refractivity contribution in [3.63, 3.8) is 0 Å². The Hall–Kier alpha value is -1.91. The van der Waals surface area contributed by atoms with Crippen LogP contribution in [0.5, 0.6) is 0 Å². The van der Waals surface area contributed by atoms with Crippen molar-refractivity contribution >= 4 is 5.82 Å². The molecule has 0 saturated heterocycles. The highest BCUT2D eigenvalue weighted by molar-refractivity contribution is 5.29. The zero-order valence-electron chi connectivity index (χ0n) is 6.25. The van der Waals surface area contributed by atoms with E-state index in [2.05, 4.69) is 15.1 Å². The van der Waals surface area contributed by atoms with E-state index in [4.69, 9.17) is 5.73 Å². The Bertz CT molecular complexity index is 367. The summed E-state index contributed by atoms with van der Waals surface area (Å²) >= 11 is 0. The van der Waals surface area contributed by atoms with E-state index in [0.717, 1.165) is 0 Å². The van der Waals surface area contributed by atoms with Gasteiger partial charge in [-0.05, 0) is 6.07 Å². The van der Waals surface area contributed by atoms with Crippen LogP contribution in [0, 0.1) is 0 Å². The molecular weight excluding hydrogens is 154 g/mol. The molecule has 2 N–H and O–H groups in total. The minimum absolute atomic E-state index is 0.392. The third kappa shape index (κ3) is 1.12. The average molecular weight is 161 g/mol. The number of nitrogens with zero attached hydrogens (tertiary/aromatic N) is 4. The van der Waals surface area contributed by atoms with Crippen LogP contribution in [-0.2, 0) is 0 Å². The minimum Gasteiger partial charge on any atom is -0.382 e. The van der Waals surface area contributed by atoms with Crippen LogP contribution in [0.1, 0.15) is 0 Å². The van der Waals surface area contributed by atoms with Gasteiger partial charge in [-0.3, -0.25) is 4.98 Å². The first-order chi connectivity index (χ1) is 5.86. The lowest BCUT2D eigenvalue weighted by molar-refractivity contribution is 0.840. The van der Waals surface area contributed by atoms with Gasteiger partial charge < -0.3 is 5.73 Å². The van der Waals surface area contributed by atoms with E-state index >= 15 is 0 Å². The van der Waals surface area contributed by atoms with Crippen molar-refractivity contribution in [2.75, 3.05) is 5.73 Å². The number of hydrogen-bond acceptors (Lipinski definition) is 4. The number of rotatable bonds is 1. The second-order valence-corrected chi connectivity index (χ2v) is 2.25. The van der Waals surface area contributed by atoms with Gasteiger partial charge in [0.2, 0.25) is 0 Å². The predicted molar refractivity (Wildman–Crippen MR) is 43.6 cm³/mol. The van der Waals surface area contributed by atoms with Crippen molar-refractivity contribution < 1.29 is 0 Å². The molecule has 5 nitrogen and oxygen atoms in total. The zero-order chi connectivity index (χ0) is 8.39. The average Bonchev–Trinajstić information content (AvgIpc) is 2.56. The molecular formula is C7H7N5. The standard InChI is InChI=1S/C7H7N5/c8-6-4-9-5-7(11-6)12-3-1-2-10-12/h1-5H,(H2,8,11). The molecule has 0 aliphatic rings. The van der Waals surface area contributed by atoms with Gasteiger partial charge in [0.25, 0.3) is 0 Å². The summed E-state index contributed by atoms with van der Waals surface area (Å²) in [6, 6.07) is 1.81. The van der Waals surface area contributed by atoms with Crippen molar-refractivity contribution in [1.82, 2.24) is 19.7 Å². The van der Waals surface area contributed by atoms with Gasteiger partial charge in [-0.15, -0.1) is 0 Å². The first kappa shape index (κ1) is 6.78. The topological polar surface area (TPSA) is 69.6 Å². The van der Waals surface area contributed by atoms with E-state index < -0.39 is 0 Å². The maximum absolute atomic E-state index is 5.45. The van der Waals surface area contributed by atoms with E-state index in [-0.39, 0.29) is 0 Å². The van der Waals surface area contributed by atoms with Crippen molar-refractivity contribution in [2.24, 2.45) is 0 Å². The van der Waals surface area contributed by atoms with E-state index in [9.17, 15) is 0 Å². The van der Waals surface area contributed by atoms with Gasteiger partial charge in [-0.2, -0.15) is 5.10 Å². The second-order valence-electron chi connectivity index (χ2n) is 2.25. The minimum atomic E-state index is 0.392. The number of hydrogen-bond donors (Lipinski definition) is 1. The van der Waals surface area contributed by atoms with E-state index in [1.54, 1.807) is 23.3 Å². The summed E-state index contributed by atoms with van der Waals surface area (Å²) in [5.41, 5.74) is 5.45. The smallest absolute Gasteiger partial charge is 0.173 e. The van der Waals surface area contributed by atoms with Crippen LogP contribution in [-0.4, -0.2) is 19.7 Å². The van der Waals surface area contributed by atoms with Gasteiger partial charge in [-0.1, -0.05) is 0 Å². The Morgan fingerprint density at radius 3 is 2.92 bits per heavy atom. The van der Waals surface area contributed by atoms with Gasteiger partial charge in [0, 0.05) is 12.4 Å². The fraction of sp³-hybridized carbons (Fsp3) is 0. The maximum atomic E-state index is 5.45. The molecule has 0 fully saturated rings. The number of aromatic nitrogens is 4. The summed E-state index contributed by atoms with van der Waals surface area (Å²) in [5.74, 6) is 1.02. The SMILES string of the molecule is Nc1cncc(-n2cccn2)n1. The maximum Gasteiger partial charge on any atom is 0.173 e. The molecule has 2 heterocycles. The van der Waals surface area contributed by atoms with Crippen molar-refractivity contribution in [3.05, 3.63) is 30.9 Å². The molecule has 2 aromatic rings. The van der Waals surface area contributed by atoms with Crippen LogP contribution in [0.25, 0.3) is 5.82 Å². The monoisotopic (exact) mass is 161 g/mol. The van der Waals surface area contributed by atoms with Gasteiger partial charge in [-0.25, -0.2) is 9.67 Å². The molecule has 0 radical (unpaired) electrons. The molecule has 0 aliphatic heterocycles. The van der Waals surface area contributed by atoms with Gasteiger partial charge in [0.15, 0.2) is 5.82 Å². The fourth-order valence-electron chi connectivity index (χ4n) is 0.885. The van der Waals surface area contributed by atoms with Crippen molar-refractivity contribution in [2.45, 2.75) is 0 Å². The Labute approximate surface area is 68.9 Å². The molecule has 2 aromatic heterocycles. The Kier molecular flexibility index (Phi) is 1.48. The molecule has 5 heteroatoms. The molecule has 12 heavy (non-hydrogen) atoms. The molecule has 0 aliphatic carbocycles. The summed E-state index contributed by atoms with van der Waals surface area (Å²) in [5, 5.41) is 3.99. The third-order valence-corrected chi connectivity index (χ3v) is 1.38. The summed E-state index contributed by atoms with van der Waals surface area (Å²) in [6.45, 7) is 0. The van der Waals surface area contributed by atoms with Crippen molar-refractivity contribution in [1.29, 1.82) is 0 Å². The molecule has 0 atom stereocenters. The van der Waals surface area contributed by atoms with Crippen LogP contribution in [0.4, 0.5) is 5.82 Å². The van der Waals surface area contributed by atoms with Gasteiger partial charge in [0.05, 0.1) is 12.4 Å². The second kappa shape index (κ2) is 2.61. The Morgan fingerprint density at radius 1 is 1.33 bits per heavy atom. The van der Waals surface area contributed by atoms with Crippen LogP contribution < -0.4 is 5.73 Å². The highest BCUT2D eigenvalue weighted by atomic mass is 15.3. The largest absolute Gasteiger partial charge is 0.382 e.